The Kier molecular flexibility index (Phi) is 4.05. The van der Waals surface area contributed by atoms with Crippen molar-refractivity contribution in [3.63, 3.8) is 0 Å². The van der Waals surface area contributed by atoms with Crippen molar-refractivity contribution in [3.8, 4) is 5.75 Å². The zero-order valence-electron chi connectivity index (χ0n) is 10.4. The van der Waals surface area contributed by atoms with Crippen LogP contribution in [0.5, 0.6) is 5.75 Å². The molecule has 1 N–H and O–H groups in total. The van der Waals surface area contributed by atoms with Crippen molar-refractivity contribution in [2.75, 3.05) is 12.4 Å². The van der Waals surface area contributed by atoms with Gasteiger partial charge < -0.3 is 10.1 Å². The van der Waals surface area contributed by atoms with Gasteiger partial charge in [-0.3, -0.25) is 4.98 Å². The molecular weight excluding hydrogens is 248 g/mol. The third-order valence-corrected chi connectivity index (χ3v) is 2.88. The maximum Gasteiger partial charge on any atom is 0.137 e. The molecule has 2 rings (SSSR count). The highest BCUT2D eigenvalue weighted by Crippen LogP contribution is 2.25. The van der Waals surface area contributed by atoms with E-state index >= 15 is 0 Å². The molecule has 0 spiro atoms. The van der Waals surface area contributed by atoms with Crippen molar-refractivity contribution in [1.82, 2.24) is 4.98 Å². The first-order valence-corrected chi connectivity index (χ1v) is 6.05. The zero-order chi connectivity index (χ0) is 13.0. The summed E-state index contributed by atoms with van der Waals surface area (Å²) in [5.74, 6) is 0.692. The first-order chi connectivity index (χ1) is 8.69. The third kappa shape index (κ3) is 3.14. The summed E-state index contributed by atoms with van der Waals surface area (Å²) in [7, 11) is 1.61. The predicted molar refractivity (Wildman–Crippen MR) is 74.3 cm³/mol. The van der Waals surface area contributed by atoms with Crippen molar-refractivity contribution in [2.45, 2.75) is 13.5 Å². The topological polar surface area (TPSA) is 34.1 Å². The summed E-state index contributed by atoms with van der Waals surface area (Å²) in [5, 5.41) is 3.93. The average molecular weight is 263 g/mol. The number of nitrogens with one attached hydrogen (secondary N) is 1. The molecule has 1 aromatic heterocycles. The normalized spacial score (nSPS) is 10.2. The number of aryl methyl sites for hydroxylation is 1. The third-order valence-electron chi connectivity index (χ3n) is 2.59. The fourth-order valence-corrected chi connectivity index (χ4v) is 1.96. The summed E-state index contributed by atoms with van der Waals surface area (Å²) in [5.41, 5.74) is 3.23. The van der Waals surface area contributed by atoms with Crippen LogP contribution in [0.4, 0.5) is 5.69 Å². The Morgan fingerprint density at radius 1 is 1.28 bits per heavy atom. The Morgan fingerprint density at radius 2 is 2.11 bits per heavy atom. The molecule has 0 atom stereocenters. The number of hydrogen-bond donors (Lipinski definition) is 1. The molecule has 0 aliphatic rings. The average Bonchev–Trinajstić information content (AvgIpc) is 2.37. The Bertz CT molecular complexity index is 543. The molecule has 0 saturated heterocycles. The highest BCUT2D eigenvalue weighted by Gasteiger charge is 2.02. The second-order valence-corrected chi connectivity index (χ2v) is 4.48. The zero-order valence-corrected chi connectivity index (χ0v) is 11.2. The van der Waals surface area contributed by atoms with Crippen LogP contribution < -0.4 is 10.1 Å². The number of anilines is 1. The van der Waals surface area contributed by atoms with Crippen LogP contribution >= 0.6 is 11.6 Å². The Labute approximate surface area is 112 Å². The maximum absolute atomic E-state index is 6.07. The number of benzene rings is 1. The van der Waals surface area contributed by atoms with Crippen molar-refractivity contribution in [1.29, 1.82) is 0 Å². The van der Waals surface area contributed by atoms with Crippen LogP contribution in [0.3, 0.4) is 0 Å². The number of pyridine rings is 1. The minimum absolute atomic E-state index is 0.624. The number of nitrogens with zero attached hydrogens (tertiary/aromatic N) is 1. The minimum atomic E-state index is 0.624. The number of methoxy groups -OCH3 is 1. The Morgan fingerprint density at radius 3 is 2.78 bits per heavy atom. The summed E-state index contributed by atoms with van der Waals surface area (Å²) in [6.07, 6.45) is 3.63. The largest absolute Gasteiger partial charge is 0.495 e. The van der Waals surface area contributed by atoms with Crippen LogP contribution in [0.2, 0.25) is 5.02 Å². The summed E-state index contributed by atoms with van der Waals surface area (Å²) in [6, 6.07) is 7.81. The molecule has 4 heteroatoms. The van der Waals surface area contributed by atoms with E-state index in [0.717, 1.165) is 16.8 Å². The Hall–Kier alpha value is -1.74. The molecule has 0 aliphatic carbocycles. The number of hydrogen-bond acceptors (Lipinski definition) is 3. The van der Waals surface area contributed by atoms with Gasteiger partial charge in [0.15, 0.2) is 0 Å². The molecule has 0 unspecified atom stereocenters. The van der Waals surface area contributed by atoms with E-state index in [9.17, 15) is 0 Å². The minimum Gasteiger partial charge on any atom is -0.495 e. The lowest BCUT2D eigenvalue weighted by atomic mass is 10.2. The van der Waals surface area contributed by atoms with Crippen molar-refractivity contribution in [2.24, 2.45) is 0 Å². The maximum atomic E-state index is 6.07. The van der Waals surface area contributed by atoms with Crippen molar-refractivity contribution < 1.29 is 4.74 Å². The van der Waals surface area contributed by atoms with Crippen LogP contribution in [-0.2, 0) is 6.54 Å². The van der Waals surface area contributed by atoms with E-state index in [4.69, 9.17) is 16.3 Å². The lowest BCUT2D eigenvalue weighted by molar-refractivity contribution is 0.415. The molecule has 0 saturated carbocycles. The summed E-state index contributed by atoms with van der Waals surface area (Å²) < 4.78 is 5.12. The summed E-state index contributed by atoms with van der Waals surface area (Å²) in [6.45, 7) is 2.72. The van der Waals surface area contributed by atoms with Crippen LogP contribution in [0, 0.1) is 6.92 Å². The SMILES string of the molecule is COc1ccc(CNc2cncc(C)c2)cc1Cl. The molecule has 1 heterocycles. The van der Waals surface area contributed by atoms with Crippen LogP contribution in [-0.4, -0.2) is 12.1 Å². The first kappa shape index (κ1) is 12.7. The molecule has 0 fully saturated rings. The van der Waals surface area contributed by atoms with Gasteiger partial charge in [-0.15, -0.1) is 0 Å². The smallest absolute Gasteiger partial charge is 0.137 e. The van der Waals surface area contributed by atoms with Gasteiger partial charge >= 0.3 is 0 Å². The Balaban J connectivity index is 2.04. The number of halogens is 1. The molecular formula is C14H15ClN2O. The van der Waals surface area contributed by atoms with E-state index in [-0.39, 0.29) is 0 Å². The molecule has 94 valence electrons. The first-order valence-electron chi connectivity index (χ1n) is 5.67. The van der Waals surface area contributed by atoms with Gasteiger partial charge in [0.05, 0.1) is 17.8 Å². The molecule has 0 aliphatic heterocycles. The van der Waals surface area contributed by atoms with Gasteiger partial charge in [-0.05, 0) is 36.2 Å². The van der Waals surface area contributed by atoms with Crippen LogP contribution in [0.1, 0.15) is 11.1 Å². The highest BCUT2D eigenvalue weighted by molar-refractivity contribution is 6.32. The molecule has 0 bridgehead atoms. The van der Waals surface area contributed by atoms with Crippen LogP contribution in [0.15, 0.2) is 36.7 Å². The molecule has 18 heavy (non-hydrogen) atoms. The van der Waals surface area contributed by atoms with E-state index in [1.807, 2.05) is 31.3 Å². The molecule has 2 aromatic rings. The number of aromatic nitrogens is 1. The lowest BCUT2D eigenvalue weighted by Gasteiger charge is -2.08. The number of rotatable bonds is 4. The van der Waals surface area contributed by atoms with E-state index in [2.05, 4.69) is 16.4 Å². The molecule has 1 aromatic carbocycles. The molecule has 0 amide bonds. The van der Waals surface area contributed by atoms with Gasteiger partial charge in [-0.1, -0.05) is 17.7 Å². The van der Waals surface area contributed by atoms with Gasteiger partial charge in [-0.2, -0.15) is 0 Å². The van der Waals surface area contributed by atoms with E-state index in [0.29, 0.717) is 17.3 Å². The fourth-order valence-electron chi connectivity index (χ4n) is 1.68. The number of ether oxygens (including phenoxy) is 1. The quantitative estimate of drug-likeness (QED) is 0.913. The lowest BCUT2D eigenvalue weighted by Crippen LogP contribution is -2.00. The van der Waals surface area contributed by atoms with Crippen molar-refractivity contribution >= 4 is 17.3 Å². The standard InChI is InChI=1S/C14H15ClN2O/c1-10-5-12(9-16-7-10)17-8-11-3-4-14(18-2)13(15)6-11/h3-7,9,17H,8H2,1-2H3. The van der Waals surface area contributed by atoms with Gasteiger partial charge in [0.2, 0.25) is 0 Å². The van der Waals surface area contributed by atoms with E-state index in [1.165, 1.54) is 0 Å². The monoisotopic (exact) mass is 262 g/mol. The van der Waals surface area contributed by atoms with E-state index in [1.54, 1.807) is 13.3 Å². The second-order valence-electron chi connectivity index (χ2n) is 4.07. The second kappa shape index (κ2) is 5.74. The van der Waals surface area contributed by atoms with Gasteiger partial charge in [0.1, 0.15) is 5.75 Å². The fraction of sp³-hybridized carbons (Fsp3) is 0.214. The molecule has 3 nitrogen and oxygen atoms in total. The van der Waals surface area contributed by atoms with Crippen LogP contribution in [0.25, 0.3) is 0 Å². The predicted octanol–water partition coefficient (Wildman–Crippen LogP) is 3.66. The van der Waals surface area contributed by atoms with Crippen molar-refractivity contribution in [3.05, 3.63) is 52.8 Å². The highest BCUT2D eigenvalue weighted by atomic mass is 35.5. The van der Waals surface area contributed by atoms with Gasteiger partial charge in [0.25, 0.3) is 0 Å². The van der Waals surface area contributed by atoms with E-state index < -0.39 is 0 Å². The summed E-state index contributed by atoms with van der Waals surface area (Å²) >= 11 is 6.07. The summed E-state index contributed by atoms with van der Waals surface area (Å²) in [4.78, 5) is 4.13. The molecule has 0 radical (unpaired) electrons. The van der Waals surface area contributed by atoms with Gasteiger partial charge in [-0.25, -0.2) is 0 Å². The van der Waals surface area contributed by atoms with Gasteiger partial charge in [0, 0.05) is 18.9 Å².